The van der Waals surface area contributed by atoms with E-state index in [0.717, 1.165) is 55.0 Å². The van der Waals surface area contributed by atoms with Crippen LogP contribution in [0.5, 0.6) is 5.88 Å². The number of hydrogen-bond donors (Lipinski definition) is 1. The first-order chi connectivity index (χ1) is 22.6. The fraction of sp³-hybridized carbons (Fsp3) is 0.371. The Bertz CT molecular complexity index is 1880. The van der Waals surface area contributed by atoms with E-state index in [4.69, 9.17) is 32.9 Å². The summed E-state index contributed by atoms with van der Waals surface area (Å²) in [5.41, 5.74) is 6.28. The van der Waals surface area contributed by atoms with E-state index in [0.29, 0.717) is 69.4 Å². The standard InChI is InChI=1S/C35H37Cl2N7O3/c1-20(45)43-17-22-15-23(18-43)44(22)16-21-11-12-27(40-35(21)47-4)26-9-5-7-24(31(26)36)25-8-6-10-28(32(25)37)39-34(46)33-38-29-19-41(2)14-13-30(29)42(33)3/h5-12,22-23H,13-19H2,1-4H3,(H,39,46). The van der Waals surface area contributed by atoms with E-state index < -0.39 is 0 Å². The molecule has 2 saturated heterocycles. The maximum absolute atomic E-state index is 13.4. The number of nitrogens with one attached hydrogen (secondary N) is 1. The number of methoxy groups -OCH3 is 1. The van der Waals surface area contributed by atoms with Gasteiger partial charge < -0.3 is 24.4 Å². The number of pyridine rings is 1. The van der Waals surface area contributed by atoms with Crippen molar-refractivity contribution in [2.24, 2.45) is 7.05 Å². The molecule has 0 aliphatic carbocycles. The zero-order valence-electron chi connectivity index (χ0n) is 26.9. The number of amides is 2. The van der Waals surface area contributed by atoms with Crippen LogP contribution in [0, 0.1) is 0 Å². The number of carbonyl (C=O) groups is 2. The van der Waals surface area contributed by atoms with Crippen molar-refractivity contribution in [3.8, 4) is 28.3 Å². The van der Waals surface area contributed by atoms with Crippen molar-refractivity contribution in [1.82, 2.24) is 29.2 Å². The third-order valence-electron chi connectivity index (χ3n) is 9.74. The minimum atomic E-state index is -0.321. The second kappa shape index (κ2) is 12.6. The summed E-state index contributed by atoms with van der Waals surface area (Å²) in [6.45, 7) is 5.51. The quantitative estimate of drug-likeness (QED) is 0.276. The Kier molecular flexibility index (Phi) is 8.46. The van der Waals surface area contributed by atoms with Gasteiger partial charge >= 0.3 is 0 Å². The van der Waals surface area contributed by atoms with Crippen molar-refractivity contribution in [1.29, 1.82) is 0 Å². The van der Waals surface area contributed by atoms with Gasteiger partial charge in [0.05, 0.1) is 34.2 Å². The number of piperidine rings is 1. The second-order valence-electron chi connectivity index (χ2n) is 12.7. The van der Waals surface area contributed by atoms with Crippen LogP contribution in [0.15, 0.2) is 48.5 Å². The van der Waals surface area contributed by atoms with Crippen LogP contribution in [0.1, 0.15) is 40.9 Å². The summed E-state index contributed by atoms with van der Waals surface area (Å²) in [5.74, 6) is 0.710. The molecule has 3 aliphatic rings. The van der Waals surface area contributed by atoms with E-state index in [1.165, 1.54) is 0 Å². The summed E-state index contributed by atoms with van der Waals surface area (Å²) in [4.78, 5) is 41.3. The zero-order chi connectivity index (χ0) is 33.0. The Balaban J connectivity index is 1.12. The molecule has 2 bridgehead atoms. The molecule has 4 aromatic rings. The number of likely N-dealkylation sites (N-methyl/N-ethyl adjacent to an activating group) is 1. The van der Waals surface area contributed by atoms with Crippen molar-refractivity contribution in [2.75, 3.05) is 39.1 Å². The molecule has 0 saturated carbocycles. The summed E-state index contributed by atoms with van der Waals surface area (Å²) in [6.07, 6.45) is 1.95. The molecule has 12 heteroatoms. The fourth-order valence-corrected chi connectivity index (χ4v) is 7.73. The van der Waals surface area contributed by atoms with Crippen molar-refractivity contribution in [3.63, 3.8) is 0 Å². The molecule has 2 aromatic carbocycles. The van der Waals surface area contributed by atoms with E-state index in [2.05, 4.69) is 20.1 Å². The number of anilines is 1. The van der Waals surface area contributed by atoms with Gasteiger partial charge in [-0.1, -0.05) is 59.6 Å². The molecule has 2 aromatic heterocycles. The number of piperazine rings is 1. The van der Waals surface area contributed by atoms with Crippen molar-refractivity contribution >= 4 is 40.7 Å². The predicted molar refractivity (Wildman–Crippen MR) is 183 cm³/mol. The number of imidazole rings is 1. The monoisotopic (exact) mass is 673 g/mol. The maximum atomic E-state index is 13.4. The van der Waals surface area contributed by atoms with Gasteiger partial charge in [-0.3, -0.25) is 14.5 Å². The molecule has 2 fully saturated rings. The molecule has 244 valence electrons. The average Bonchev–Trinajstić information content (AvgIpc) is 3.40. The highest BCUT2D eigenvalue weighted by atomic mass is 35.5. The van der Waals surface area contributed by atoms with Crippen LogP contribution in [-0.4, -0.2) is 86.9 Å². The Labute approximate surface area is 284 Å². The summed E-state index contributed by atoms with van der Waals surface area (Å²) < 4.78 is 7.62. The molecule has 10 nitrogen and oxygen atoms in total. The van der Waals surface area contributed by atoms with E-state index in [-0.39, 0.29) is 11.8 Å². The Hall–Kier alpha value is -3.96. The van der Waals surface area contributed by atoms with Gasteiger partial charge in [0.1, 0.15) is 0 Å². The Morgan fingerprint density at radius 1 is 0.957 bits per heavy atom. The first-order valence-corrected chi connectivity index (χ1v) is 16.6. The molecule has 47 heavy (non-hydrogen) atoms. The first kappa shape index (κ1) is 31.6. The summed E-state index contributed by atoms with van der Waals surface area (Å²) in [7, 11) is 5.55. The lowest BCUT2D eigenvalue weighted by atomic mass is 9.87. The van der Waals surface area contributed by atoms with Gasteiger partial charge in [-0.05, 0) is 25.6 Å². The molecule has 2 atom stereocenters. The van der Waals surface area contributed by atoms with Gasteiger partial charge in [-0.2, -0.15) is 0 Å². The van der Waals surface area contributed by atoms with E-state index in [9.17, 15) is 9.59 Å². The minimum absolute atomic E-state index is 0.135. The lowest BCUT2D eigenvalue weighted by Gasteiger charge is -2.56. The average molecular weight is 675 g/mol. The normalized spacial score (nSPS) is 19.2. The minimum Gasteiger partial charge on any atom is -0.481 e. The van der Waals surface area contributed by atoms with E-state index in [1.54, 1.807) is 20.1 Å². The third kappa shape index (κ3) is 5.77. The number of ether oxygens (including phenoxy) is 1. The number of rotatable bonds is 7. The molecule has 7 rings (SSSR count). The van der Waals surface area contributed by atoms with Crippen LogP contribution >= 0.6 is 23.2 Å². The van der Waals surface area contributed by atoms with Gasteiger partial charge in [0.25, 0.3) is 5.91 Å². The topological polar surface area (TPSA) is 95.8 Å². The molecule has 5 heterocycles. The predicted octanol–water partition coefficient (Wildman–Crippen LogP) is 5.51. The van der Waals surface area contributed by atoms with E-state index in [1.807, 2.05) is 66.0 Å². The fourth-order valence-electron chi connectivity index (χ4n) is 7.13. The smallest absolute Gasteiger partial charge is 0.291 e. The number of benzene rings is 2. The van der Waals surface area contributed by atoms with Crippen LogP contribution in [-0.2, 0) is 31.4 Å². The summed E-state index contributed by atoms with van der Waals surface area (Å²) in [5, 5.41) is 3.84. The van der Waals surface area contributed by atoms with Crippen LogP contribution in [0.25, 0.3) is 22.4 Å². The number of nitrogens with zero attached hydrogens (tertiary/aromatic N) is 6. The first-order valence-electron chi connectivity index (χ1n) is 15.8. The largest absolute Gasteiger partial charge is 0.481 e. The summed E-state index contributed by atoms with van der Waals surface area (Å²) in [6, 6.07) is 15.9. The van der Waals surface area contributed by atoms with Crippen LogP contribution in [0.3, 0.4) is 0 Å². The molecular formula is C35H37Cl2N7O3. The van der Waals surface area contributed by atoms with Gasteiger partial charge in [-0.25, -0.2) is 9.97 Å². The second-order valence-corrected chi connectivity index (χ2v) is 13.4. The highest BCUT2D eigenvalue weighted by molar-refractivity contribution is 6.39. The highest BCUT2D eigenvalue weighted by Crippen LogP contribution is 2.42. The van der Waals surface area contributed by atoms with Gasteiger partial charge in [0.2, 0.25) is 11.8 Å². The molecule has 3 aliphatic heterocycles. The molecule has 1 N–H and O–H groups in total. The van der Waals surface area contributed by atoms with Crippen molar-refractivity contribution in [3.05, 3.63) is 81.4 Å². The van der Waals surface area contributed by atoms with Gasteiger partial charge in [-0.15, -0.1) is 0 Å². The number of halogens is 2. The molecule has 2 amide bonds. The van der Waals surface area contributed by atoms with Crippen molar-refractivity contribution < 1.29 is 14.3 Å². The molecule has 2 unspecified atom stereocenters. The number of likely N-dealkylation sites (tertiary alicyclic amines) is 2. The highest BCUT2D eigenvalue weighted by Gasteiger charge is 2.45. The lowest BCUT2D eigenvalue weighted by molar-refractivity contribution is -0.142. The molecule has 0 radical (unpaired) electrons. The number of hydrogen-bond acceptors (Lipinski definition) is 7. The Morgan fingerprint density at radius 2 is 1.66 bits per heavy atom. The Morgan fingerprint density at radius 3 is 2.38 bits per heavy atom. The number of carbonyl (C=O) groups excluding carboxylic acids is 2. The number of fused-ring (bicyclic) bond motifs is 3. The third-order valence-corrected chi connectivity index (χ3v) is 10.6. The lowest BCUT2D eigenvalue weighted by Crippen LogP contribution is -2.68. The van der Waals surface area contributed by atoms with Gasteiger partial charge in [0, 0.05) is 93.1 Å². The zero-order valence-corrected chi connectivity index (χ0v) is 28.4. The van der Waals surface area contributed by atoms with E-state index >= 15 is 0 Å². The summed E-state index contributed by atoms with van der Waals surface area (Å²) >= 11 is 14.0. The van der Waals surface area contributed by atoms with Crippen LogP contribution < -0.4 is 10.1 Å². The van der Waals surface area contributed by atoms with Crippen molar-refractivity contribution in [2.45, 2.75) is 44.9 Å². The SMILES string of the molecule is COc1nc(-c2cccc(-c3cccc(NC(=O)c4nc5c(n4C)CCN(C)C5)c3Cl)c2Cl)ccc1CN1C2CC1CN(C(C)=O)C2. The van der Waals surface area contributed by atoms with Crippen LogP contribution in [0.4, 0.5) is 5.69 Å². The van der Waals surface area contributed by atoms with Gasteiger partial charge in [0.15, 0.2) is 5.82 Å². The number of aromatic nitrogens is 3. The van der Waals surface area contributed by atoms with Crippen LogP contribution in [0.2, 0.25) is 10.0 Å². The molecule has 0 spiro atoms. The molecular weight excluding hydrogens is 637 g/mol. The maximum Gasteiger partial charge on any atom is 0.291 e.